The second kappa shape index (κ2) is 8.58. The molecule has 0 aromatic carbocycles. The first kappa shape index (κ1) is 21.0. The predicted molar refractivity (Wildman–Crippen MR) is 123 cm³/mol. The summed E-state index contributed by atoms with van der Waals surface area (Å²) in [6, 6.07) is 2.15. The van der Waals surface area contributed by atoms with Gasteiger partial charge in [-0.15, -0.1) is 0 Å². The monoisotopic (exact) mass is 437 g/mol. The number of ether oxygens (including phenoxy) is 1. The largest absolute Gasteiger partial charge is 0.381 e. The van der Waals surface area contributed by atoms with Crippen LogP contribution in [0.25, 0.3) is 10.9 Å². The van der Waals surface area contributed by atoms with Crippen LogP contribution in [0.15, 0.2) is 41.0 Å². The van der Waals surface area contributed by atoms with Gasteiger partial charge in [0.05, 0.1) is 11.4 Å². The molecule has 8 heteroatoms. The molecule has 5 rings (SSSR count). The van der Waals surface area contributed by atoms with E-state index in [-0.39, 0.29) is 29.3 Å². The zero-order valence-corrected chi connectivity index (χ0v) is 18.7. The number of H-pyrrole nitrogens is 1. The van der Waals surface area contributed by atoms with Crippen molar-refractivity contribution in [2.75, 3.05) is 25.6 Å². The molecule has 2 aromatic rings. The summed E-state index contributed by atoms with van der Waals surface area (Å²) in [7, 11) is 1.90. The van der Waals surface area contributed by atoms with Crippen LogP contribution >= 0.6 is 0 Å². The summed E-state index contributed by atoms with van der Waals surface area (Å²) < 4.78 is 7.37. The number of carbonyl (C=O) groups excluding carboxylic acids is 1. The van der Waals surface area contributed by atoms with Gasteiger partial charge in [-0.2, -0.15) is 5.10 Å². The highest BCUT2D eigenvalue weighted by molar-refractivity contribution is 5.90. The molecule has 2 aliphatic carbocycles. The maximum Gasteiger partial charge on any atom is 0.261 e. The number of aromatic nitrogens is 3. The quantitative estimate of drug-likeness (QED) is 0.725. The number of fused-ring (bicyclic) bond motifs is 1. The number of nitrogens with zero attached hydrogens (tertiary/aromatic N) is 3. The van der Waals surface area contributed by atoms with Crippen LogP contribution in [0.1, 0.15) is 32.6 Å². The minimum absolute atomic E-state index is 0.0374. The van der Waals surface area contributed by atoms with E-state index in [1.54, 1.807) is 6.20 Å². The standard InChI is InChI=1S/C24H31N5O3/c1-15-13-17(5-6-19(15)24(31)28(2)18-8-11-32-12-9-18)26-22-21-20(7-10-25-23(21)30)29(27-22)14-16-3-4-16/h5-7,10,13,15-16,18-19H,3-4,8-9,11-12,14H2,1-2H3,(H,25,30)(H,26,27). The van der Waals surface area contributed by atoms with Crippen LogP contribution in [-0.4, -0.2) is 51.9 Å². The maximum absolute atomic E-state index is 13.1. The number of hydrogen-bond donors (Lipinski definition) is 2. The lowest BCUT2D eigenvalue weighted by Gasteiger charge is -2.34. The number of nitrogens with one attached hydrogen (secondary N) is 2. The van der Waals surface area contributed by atoms with Crippen LogP contribution in [0, 0.1) is 17.8 Å². The predicted octanol–water partition coefficient (Wildman–Crippen LogP) is 2.89. The lowest BCUT2D eigenvalue weighted by Crippen LogP contribution is -2.44. The lowest BCUT2D eigenvalue weighted by molar-refractivity contribution is -0.137. The number of rotatable bonds is 6. The fourth-order valence-electron chi connectivity index (χ4n) is 4.75. The number of hydrogen-bond acceptors (Lipinski definition) is 5. The second-order valence-corrected chi connectivity index (χ2v) is 9.32. The SMILES string of the molecule is CC1C=C(Nc2nn(CC3CC3)c3cc[nH]c(=O)c23)C=CC1C(=O)N(C)C1CCOCC1. The Morgan fingerprint density at radius 2 is 2.09 bits per heavy atom. The molecule has 1 amide bonds. The zero-order valence-electron chi connectivity index (χ0n) is 18.7. The molecule has 0 radical (unpaired) electrons. The Labute approximate surface area is 187 Å². The third-order valence-corrected chi connectivity index (χ3v) is 6.93. The van der Waals surface area contributed by atoms with E-state index in [4.69, 9.17) is 9.84 Å². The first-order chi connectivity index (χ1) is 15.5. The summed E-state index contributed by atoms with van der Waals surface area (Å²) in [5, 5.41) is 8.64. The van der Waals surface area contributed by atoms with Crippen molar-refractivity contribution < 1.29 is 9.53 Å². The first-order valence-electron chi connectivity index (χ1n) is 11.6. The summed E-state index contributed by atoms with van der Waals surface area (Å²) in [4.78, 5) is 30.3. The van der Waals surface area contributed by atoms with Gasteiger partial charge in [-0.05, 0) is 49.7 Å². The Kier molecular flexibility index (Phi) is 5.63. The molecule has 0 spiro atoms. The number of carbonyl (C=O) groups is 1. The van der Waals surface area contributed by atoms with Gasteiger partial charge in [0, 0.05) is 44.7 Å². The summed E-state index contributed by atoms with van der Waals surface area (Å²) in [5.74, 6) is 1.20. The molecule has 2 N–H and O–H groups in total. The Hall–Kier alpha value is -2.87. The fraction of sp³-hybridized carbons (Fsp3) is 0.542. The molecular weight excluding hydrogens is 406 g/mol. The van der Waals surface area contributed by atoms with Gasteiger partial charge in [0.1, 0.15) is 5.39 Å². The van der Waals surface area contributed by atoms with Crippen molar-refractivity contribution >= 4 is 22.6 Å². The third kappa shape index (κ3) is 4.11. The van der Waals surface area contributed by atoms with Crippen molar-refractivity contribution in [2.24, 2.45) is 17.8 Å². The van der Waals surface area contributed by atoms with Crippen molar-refractivity contribution in [3.8, 4) is 0 Å². The van der Waals surface area contributed by atoms with Gasteiger partial charge < -0.3 is 19.9 Å². The average molecular weight is 438 g/mol. The average Bonchev–Trinajstić information content (AvgIpc) is 3.55. The van der Waals surface area contributed by atoms with Crippen molar-refractivity contribution in [1.29, 1.82) is 0 Å². The highest BCUT2D eigenvalue weighted by Crippen LogP contribution is 2.33. The molecule has 2 unspecified atom stereocenters. The van der Waals surface area contributed by atoms with Gasteiger partial charge in [0.2, 0.25) is 5.91 Å². The van der Waals surface area contributed by atoms with E-state index in [0.717, 1.165) is 30.6 Å². The van der Waals surface area contributed by atoms with Gasteiger partial charge in [-0.3, -0.25) is 14.3 Å². The van der Waals surface area contributed by atoms with Crippen molar-refractivity contribution in [3.05, 3.63) is 46.5 Å². The van der Waals surface area contributed by atoms with Crippen molar-refractivity contribution in [3.63, 3.8) is 0 Å². The fourth-order valence-corrected chi connectivity index (χ4v) is 4.75. The number of allylic oxidation sites excluding steroid dienone is 2. The highest BCUT2D eigenvalue weighted by atomic mass is 16.5. The molecule has 1 aliphatic heterocycles. The molecule has 1 saturated heterocycles. The van der Waals surface area contributed by atoms with Crippen LogP contribution in [0.5, 0.6) is 0 Å². The third-order valence-electron chi connectivity index (χ3n) is 6.93. The van der Waals surface area contributed by atoms with E-state index < -0.39 is 0 Å². The molecule has 170 valence electrons. The van der Waals surface area contributed by atoms with Gasteiger partial charge in [0.15, 0.2) is 5.82 Å². The normalized spacial score (nSPS) is 23.9. The molecule has 8 nitrogen and oxygen atoms in total. The topological polar surface area (TPSA) is 92.2 Å². The van der Waals surface area contributed by atoms with Gasteiger partial charge in [-0.25, -0.2) is 0 Å². The van der Waals surface area contributed by atoms with Crippen molar-refractivity contribution in [2.45, 2.75) is 45.2 Å². The first-order valence-corrected chi connectivity index (χ1v) is 11.6. The van der Waals surface area contributed by atoms with E-state index in [9.17, 15) is 9.59 Å². The second-order valence-electron chi connectivity index (χ2n) is 9.32. The number of anilines is 1. The van der Waals surface area contributed by atoms with E-state index >= 15 is 0 Å². The Bertz CT molecular complexity index is 1120. The van der Waals surface area contributed by atoms with Gasteiger partial charge >= 0.3 is 0 Å². The van der Waals surface area contributed by atoms with Crippen LogP contribution in [0.4, 0.5) is 5.82 Å². The summed E-state index contributed by atoms with van der Waals surface area (Å²) >= 11 is 0. The van der Waals surface area contributed by atoms with Crippen LogP contribution in [0.2, 0.25) is 0 Å². The van der Waals surface area contributed by atoms with Crippen LogP contribution < -0.4 is 10.9 Å². The Morgan fingerprint density at radius 3 is 2.81 bits per heavy atom. The summed E-state index contributed by atoms with van der Waals surface area (Å²) in [5.41, 5.74) is 1.56. The Balaban J connectivity index is 1.33. The Morgan fingerprint density at radius 1 is 1.31 bits per heavy atom. The lowest BCUT2D eigenvalue weighted by atomic mass is 9.87. The van der Waals surface area contributed by atoms with Crippen LogP contribution in [-0.2, 0) is 16.1 Å². The number of aromatic amines is 1. The summed E-state index contributed by atoms with van der Waals surface area (Å²) in [6.07, 6.45) is 11.9. The molecular formula is C24H31N5O3. The van der Waals surface area contributed by atoms with E-state index in [1.165, 1.54) is 12.8 Å². The molecule has 3 heterocycles. The minimum atomic E-state index is -0.194. The molecule has 32 heavy (non-hydrogen) atoms. The highest BCUT2D eigenvalue weighted by Gasteiger charge is 2.31. The molecule has 2 atom stereocenters. The maximum atomic E-state index is 13.1. The van der Waals surface area contributed by atoms with E-state index in [2.05, 4.69) is 23.3 Å². The smallest absolute Gasteiger partial charge is 0.261 e. The number of amides is 1. The summed E-state index contributed by atoms with van der Waals surface area (Å²) in [6.45, 7) is 4.32. The molecule has 0 bridgehead atoms. The van der Waals surface area contributed by atoms with Gasteiger partial charge in [0.25, 0.3) is 5.56 Å². The molecule has 3 aliphatic rings. The zero-order chi connectivity index (χ0) is 22.2. The van der Waals surface area contributed by atoms with E-state index in [0.29, 0.717) is 30.3 Å². The van der Waals surface area contributed by atoms with Gasteiger partial charge in [-0.1, -0.05) is 19.1 Å². The molecule has 1 saturated carbocycles. The van der Waals surface area contributed by atoms with Crippen LogP contribution in [0.3, 0.4) is 0 Å². The number of pyridine rings is 1. The molecule has 2 aromatic heterocycles. The van der Waals surface area contributed by atoms with E-state index in [1.807, 2.05) is 34.8 Å². The molecule has 2 fully saturated rings. The van der Waals surface area contributed by atoms with Crippen molar-refractivity contribution in [1.82, 2.24) is 19.7 Å². The minimum Gasteiger partial charge on any atom is -0.381 e.